The molecule has 0 aliphatic rings. The Labute approximate surface area is 110 Å². The first-order valence-electron chi connectivity index (χ1n) is 5.73. The van der Waals surface area contributed by atoms with E-state index in [1.54, 1.807) is 24.5 Å². The van der Waals surface area contributed by atoms with Crippen LogP contribution >= 0.6 is 11.3 Å². The third-order valence-corrected chi connectivity index (χ3v) is 3.64. The summed E-state index contributed by atoms with van der Waals surface area (Å²) in [6, 6.07) is 3.63. The molecule has 96 valence electrons. The van der Waals surface area contributed by atoms with Gasteiger partial charge in [0.1, 0.15) is 10.7 Å². The van der Waals surface area contributed by atoms with E-state index >= 15 is 0 Å². The lowest BCUT2D eigenvalue weighted by molar-refractivity contribution is 0.392. The second kappa shape index (κ2) is 5.41. The monoisotopic (exact) mass is 264 g/mol. The predicted molar refractivity (Wildman–Crippen MR) is 71.7 cm³/mol. The molecule has 0 unspecified atom stereocenters. The smallest absolute Gasteiger partial charge is 0.233 e. The van der Waals surface area contributed by atoms with E-state index in [-0.39, 0.29) is 0 Å². The van der Waals surface area contributed by atoms with Crippen LogP contribution in [0.25, 0.3) is 10.7 Å². The summed E-state index contributed by atoms with van der Waals surface area (Å²) in [5.74, 6) is 0.859. The van der Waals surface area contributed by atoms with Gasteiger partial charge in [-0.05, 0) is 12.0 Å². The number of ether oxygens (including phenoxy) is 1. The summed E-state index contributed by atoms with van der Waals surface area (Å²) in [4.78, 5) is 5.71. The average molecular weight is 264 g/mol. The van der Waals surface area contributed by atoms with Gasteiger partial charge in [0.2, 0.25) is 5.88 Å². The number of hydrogen-bond acceptors (Lipinski definition) is 6. The highest BCUT2D eigenvalue weighted by atomic mass is 32.1. The summed E-state index contributed by atoms with van der Waals surface area (Å²) >= 11 is 1.57. The molecular weight excluding hydrogens is 248 g/mol. The van der Waals surface area contributed by atoms with Gasteiger partial charge in [0.25, 0.3) is 0 Å². The molecular formula is C12H16N4OS. The van der Waals surface area contributed by atoms with Crippen molar-refractivity contribution in [3.8, 4) is 16.6 Å². The molecule has 5 nitrogen and oxygen atoms in total. The van der Waals surface area contributed by atoms with Crippen molar-refractivity contribution in [3.05, 3.63) is 22.7 Å². The molecule has 0 spiro atoms. The molecule has 0 fully saturated rings. The van der Waals surface area contributed by atoms with Crippen molar-refractivity contribution in [3.63, 3.8) is 0 Å². The Morgan fingerprint density at radius 2 is 2.11 bits per heavy atom. The Hall–Kier alpha value is -1.53. The molecule has 0 aliphatic carbocycles. The van der Waals surface area contributed by atoms with Gasteiger partial charge in [-0.3, -0.25) is 0 Å². The maximum atomic E-state index is 5.74. The number of nitrogens with zero attached hydrogens (tertiary/aromatic N) is 3. The molecule has 0 aliphatic heterocycles. The SMILES string of the molecule is COc1ccc(-c2nc(C(C)C)c(CN)s2)nn1. The van der Waals surface area contributed by atoms with Crippen LogP contribution in [0.15, 0.2) is 12.1 Å². The third kappa shape index (κ3) is 2.49. The summed E-state index contributed by atoms with van der Waals surface area (Å²) in [6.07, 6.45) is 0. The zero-order valence-electron chi connectivity index (χ0n) is 10.7. The quantitative estimate of drug-likeness (QED) is 0.916. The Morgan fingerprint density at radius 3 is 2.56 bits per heavy atom. The molecule has 2 rings (SSSR count). The Kier molecular flexibility index (Phi) is 3.88. The molecule has 2 aromatic heterocycles. The van der Waals surface area contributed by atoms with Crippen molar-refractivity contribution in [2.45, 2.75) is 26.3 Å². The Bertz CT molecular complexity index is 521. The van der Waals surface area contributed by atoms with E-state index in [2.05, 4.69) is 29.0 Å². The van der Waals surface area contributed by atoms with Crippen LogP contribution in [-0.4, -0.2) is 22.3 Å². The van der Waals surface area contributed by atoms with Gasteiger partial charge >= 0.3 is 0 Å². The highest BCUT2D eigenvalue weighted by Gasteiger charge is 2.15. The van der Waals surface area contributed by atoms with Crippen molar-refractivity contribution < 1.29 is 4.74 Å². The van der Waals surface area contributed by atoms with Crippen LogP contribution in [0.3, 0.4) is 0 Å². The van der Waals surface area contributed by atoms with Gasteiger partial charge in [0, 0.05) is 17.5 Å². The molecule has 0 saturated heterocycles. The topological polar surface area (TPSA) is 73.9 Å². The van der Waals surface area contributed by atoms with Crippen LogP contribution < -0.4 is 10.5 Å². The molecule has 2 aromatic rings. The van der Waals surface area contributed by atoms with Crippen LogP contribution in [0.5, 0.6) is 5.88 Å². The van der Waals surface area contributed by atoms with E-state index in [4.69, 9.17) is 10.5 Å². The lowest BCUT2D eigenvalue weighted by atomic mass is 10.1. The number of thiazole rings is 1. The highest BCUT2D eigenvalue weighted by Crippen LogP contribution is 2.30. The molecule has 0 saturated carbocycles. The zero-order chi connectivity index (χ0) is 13.1. The molecule has 18 heavy (non-hydrogen) atoms. The normalized spacial score (nSPS) is 10.9. The first kappa shape index (κ1) is 12.9. The summed E-state index contributed by atoms with van der Waals surface area (Å²) < 4.78 is 4.98. The summed E-state index contributed by atoms with van der Waals surface area (Å²) in [5.41, 5.74) is 7.54. The van der Waals surface area contributed by atoms with Gasteiger partial charge in [-0.15, -0.1) is 21.5 Å². The van der Waals surface area contributed by atoms with Gasteiger partial charge in [-0.1, -0.05) is 13.8 Å². The van der Waals surface area contributed by atoms with Crippen molar-refractivity contribution in [1.29, 1.82) is 0 Å². The fourth-order valence-electron chi connectivity index (χ4n) is 1.61. The van der Waals surface area contributed by atoms with Gasteiger partial charge in [0.05, 0.1) is 12.8 Å². The van der Waals surface area contributed by atoms with E-state index in [0.717, 1.165) is 21.3 Å². The van der Waals surface area contributed by atoms with Crippen molar-refractivity contribution in [2.75, 3.05) is 7.11 Å². The van der Waals surface area contributed by atoms with Crippen LogP contribution in [0.1, 0.15) is 30.3 Å². The van der Waals surface area contributed by atoms with Crippen molar-refractivity contribution >= 4 is 11.3 Å². The third-order valence-electron chi connectivity index (χ3n) is 2.53. The van der Waals surface area contributed by atoms with E-state index in [1.807, 2.05) is 6.07 Å². The summed E-state index contributed by atoms with van der Waals surface area (Å²) in [5, 5.41) is 8.90. The largest absolute Gasteiger partial charge is 0.480 e. The zero-order valence-corrected chi connectivity index (χ0v) is 11.5. The average Bonchev–Trinajstić information content (AvgIpc) is 2.83. The van der Waals surface area contributed by atoms with Gasteiger partial charge in [-0.25, -0.2) is 4.98 Å². The first-order valence-corrected chi connectivity index (χ1v) is 6.55. The molecule has 2 N–H and O–H groups in total. The number of aromatic nitrogens is 3. The minimum absolute atomic E-state index is 0.361. The summed E-state index contributed by atoms with van der Waals surface area (Å²) in [7, 11) is 1.57. The van der Waals surface area contributed by atoms with Crippen LogP contribution in [0.2, 0.25) is 0 Å². The standard InChI is InChI=1S/C12H16N4OS/c1-7(2)11-9(6-13)18-12(14-11)8-4-5-10(17-3)16-15-8/h4-5,7H,6,13H2,1-3H3. The van der Waals surface area contributed by atoms with E-state index in [1.165, 1.54) is 0 Å². The second-order valence-corrected chi connectivity index (χ2v) is 5.23. The first-order chi connectivity index (χ1) is 8.65. The van der Waals surface area contributed by atoms with Gasteiger partial charge in [0.15, 0.2) is 0 Å². The summed E-state index contributed by atoms with van der Waals surface area (Å²) in [6.45, 7) is 4.73. The van der Waals surface area contributed by atoms with Crippen LogP contribution in [-0.2, 0) is 6.54 Å². The molecule has 0 bridgehead atoms. The fraction of sp³-hybridized carbons (Fsp3) is 0.417. The number of rotatable bonds is 4. The lowest BCUT2D eigenvalue weighted by Gasteiger charge is -2.01. The van der Waals surface area contributed by atoms with Crippen molar-refractivity contribution in [2.24, 2.45) is 5.73 Å². The van der Waals surface area contributed by atoms with Crippen molar-refractivity contribution in [1.82, 2.24) is 15.2 Å². The Morgan fingerprint density at radius 1 is 1.33 bits per heavy atom. The van der Waals surface area contributed by atoms with E-state index in [0.29, 0.717) is 18.3 Å². The minimum Gasteiger partial charge on any atom is -0.480 e. The maximum Gasteiger partial charge on any atom is 0.233 e. The van der Waals surface area contributed by atoms with E-state index < -0.39 is 0 Å². The molecule has 0 atom stereocenters. The number of nitrogens with two attached hydrogens (primary N) is 1. The number of methoxy groups -OCH3 is 1. The molecule has 0 aromatic carbocycles. The van der Waals surface area contributed by atoms with E-state index in [9.17, 15) is 0 Å². The van der Waals surface area contributed by atoms with Crippen LogP contribution in [0.4, 0.5) is 0 Å². The Balaban J connectivity index is 2.37. The van der Waals surface area contributed by atoms with Crippen LogP contribution in [0, 0.1) is 0 Å². The number of hydrogen-bond donors (Lipinski definition) is 1. The molecule has 6 heteroatoms. The fourth-order valence-corrected chi connectivity index (χ4v) is 2.67. The molecule has 0 amide bonds. The molecule has 0 radical (unpaired) electrons. The van der Waals surface area contributed by atoms with Gasteiger partial charge in [-0.2, -0.15) is 0 Å². The predicted octanol–water partition coefficient (Wildman–Crippen LogP) is 2.19. The highest BCUT2D eigenvalue weighted by molar-refractivity contribution is 7.15. The minimum atomic E-state index is 0.361. The maximum absolute atomic E-state index is 5.74. The van der Waals surface area contributed by atoms with Gasteiger partial charge < -0.3 is 10.5 Å². The lowest BCUT2D eigenvalue weighted by Crippen LogP contribution is -1.99. The second-order valence-electron chi connectivity index (χ2n) is 4.15. The molecule has 2 heterocycles.